The molecular formula is C12H11BrClN3. The predicted molar refractivity (Wildman–Crippen MR) is 71.4 cm³/mol. The third kappa shape index (κ3) is 2.11. The number of nitrogens with zero attached hydrogens (tertiary/aromatic N) is 3. The van der Waals surface area contributed by atoms with Gasteiger partial charge in [-0.05, 0) is 37.1 Å². The smallest absolute Gasteiger partial charge is 0.164 e. The van der Waals surface area contributed by atoms with Gasteiger partial charge in [0, 0.05) is 16.6 Å². The highest BCUT2D eigenvalue weighted by atomic mass is 79.9. The Morgan fingerprint density at radius 3 is 2.53 bits per heavy atom. The molecule has 5 heteroatoms. The van der Waals surface area contributed by atoms with E-state index >= 15 is 0 Å². The zero-order valence-electron chi connectivity index (χ0n) is 9.11. The van der Waals surface area contributed by atoms with E-state index < -0.39 is 0 Å². The molecule has 0 aliphatic heterocycles. The second-order valence-corrected chi connectivity index (χ2v) is 5.18. The Morgan fingerprint density at radius 2 is 1.94 bits per heavy atom. The second-order valence-electron chi connectivity index (χ2n) is 4.18. The van der Waals surface area contributed by atoms with E-state index in [2.05, 4.69) is 30.7 Å². The zero-order valence-corrected chi connectivity index (χ0v) is 11.4. The van der Waals surface area contributed by atoms with Crippen LogP contribution in [0.2, 0.25) is 5.02 Å². The summed E-state index contributed by atoms with van der Waals surface area (Å²) in [6, 6.07) is 8.32. The molecule has 0 bridgehead atoms. The van der Waals surface area contributed by atoms with Crippen LogP contribution in [0.15, 0.2) is 24.3 Å². The molecule has 0 saturated heterocycles. The molecule has 1 aliphatic carbocycles. The average Bonchev–Trinajstić information content (AvgIpc) is 3.10. The van der Waals surface area contributed by atoms with E-state index in [1.165, 1.54) is 12.8 Å². The normalized spacial score (nSPS) is 15.2. The van der Waals surface area contributed by atoms with E-state index in [1.807, 2.05) is 24.3 Å². The van der Waals surface area contributed by atoms with E-state index in [9.17, 15) is 0 Å². The van der Waals surface area contributed by atoms with Gasteiger partial charge in [0.2, 0.25) is 0 Å². The van der Waals surface area contributed by atoms with Crippen molar-refractivity contribution in [2.45, 2.75) is 24.2 Å². The van der Waals surface area contributed by atoms with Crippen LogP contribution in [0.5, 0.6) is 0 Å². The summed E-state index contributed by atoms with van der Waals surface area (Å²) in [4.78, 5) is 0. The van der Waals surface area contributed by atoms with Gasteiger partial charge in [-0.15, -0.1) is 10.2 Å². The van der Waals surface area contributed by atoms with Crippen LogP contribution in [0.1, 0.15) is 24.7 Å². The van der Waals surface area contributed by atoms with E-state index in [0.717, 1.165) is 27.6 Å². The molecule has 2 aromatic rings. The van der Waals surface area contributed by atoms with Crippen molar-refractivity contribution in [2.24, 2.45) is 0 Å². The van der Waals surface area contributed by atoms with E-state index in [4.69, 9.17) is 11.6 Å². The first-order valence-corrected chi connectivity index (χ1v) is 7.05. The summed E-state index contributed by atoms with van der Waals surface area (Å²) in [6.45, 7) is 0. The molecule has 0 unspecified atom stereocenters. The number of halogens is 2. The quantitative estimate of drug-likeness (QED) is 0.807. The monoisotopic (exact) mass is 311 g/mol. The standard InChI is InChI=1S/C12H11BrClN3/c13-7-11-15-16-12(17(11)10-5-6-10)8-1-3-9(14)4-2-8/h1-4,10H,5-7H2. The maximum Gasteiger partial charge on any atom is 0.164 e. The second kappa shape index (κ2) is 4.42. The lowest BCUT2D eigenvalue weighted by Crippen LogP contribution is -2.01. The lowest BCUT2D eigenvalue weighted by Gasteiger charge is -2.07. The summed E-state index contributed by atoms with van der Waals surface area (Å²) >= 11 is 9.35. The molecule has 3 nitrogen and oxygen atoms in total. The molecular weight excluding hydrogens is 302 g/mol. The van der Waals surface area contributed by atoms with Crippen molar-refractivity contribution < 1.29 is 0 Å². The fourth-order valence-corrected chi connectivity index (χ4v) is 2.44. The van der Waals surface area contributed by atoms with Crippen molar-refractivity contribution in [2.75, 3.05) is 0 Å². The van der Waals surface area contributed by atoms with Crippen LogP contribution < -0.4 is 0 Å². The van der Waals surface area contributed by atoms with Crippen LogP contribution in [0.3, 0.4) is 0 Å². The fourth-order valence-electron chi connectivity index (χ4n) is 1.93. The van der Waals surface area contributed by atoms with Crippen molar-refractivity contribution in [3.05, 3.63) is 35.1 Å². The van der Waals surface area contributed by atoms with Crippen LogP contribution in [-0.2, 0) is 5.33 Å². The van der Waals surface area contributed by atoms with Crippen LogP contribution in [-0.4, -0.2) is 14.8 Å². The molecule has 1 saturated carbocycles. The Kier molecular flexibility index (Phi) is 2.92. The molecule has 0 atom stereocenters. The molecule has 0 amide bonds. The Balaban J connectivity index is 2.07. The number of hydrogen-bond donors (Lipinski definition) is 0. The minimum Gasteiger partial charge on any atom is -0.307 e. The molecule has 0 N–H and O–H groups in total. The molecule has 0 spiro atoms. The molecule has 1 fully saturated rings. The molecule has 1 aliphatic rings. The van der Waals surface area contributed by atoms with Crippen LogP contribution in [0, 0.1) is 0 Å². The van der Waals surface area contributed by atoms with Crippen molar-refractivity contribution >= 4 is 27.5 Å². The van der Waals surface area contributed by atoms with Gasteiger partial charge in [0.25, 0.3) is 0 Å². The van der Waals surface area contributed by atoms with Crippen LogP contribution in [0.25, 0.3) is 11.4 Å². The van der Waals surface area contributed by atoms with Crippen LogP contribution in [0.4, 0.5) is 0 Å². The lowest BCUT2D eigenvalue weighted by atomic mass is 10.2. The Bertz CT molecular complexity index is 531. The van der Waals surface area contributed by atoms with Gasteiger partial charge in [-0.3, -0.25) is 0 Å². The van der Waals surface area contributed by atoms with Crippen molar-refractivity contribution in [3.63, 3.8) is 0 Å². The van der Waals surface area contributed by atoms with Gasteiger partial charge in [0.05, 0.1) is 5.33 Å². The maximum atomic E-state index is 5.90. The van der Waals surface area contributed by atoms with Gasteiger partial charge < -0.3 is 4.57 Å². The highest BCUT2D eigenvalue weighted by Gasteiger charge is 2.29. The van der Waals surface area contributed by atoms with Gasteiger partial charge in [-0.25, -0.2) is 0 Å². The third-order valence-corrected chi connectivity index (χ3v) is 3.65. The largest absolute Gasteiger partial charge is 0.307 e. The van der Waals surface area contributed by atoms with E-state index in [1.54, 1.807) is 0 Å². The zero-order chi connectivity index (χ0) is 11.8. The number of rotatable bonds is 3. The Hall–Kier alpha value is -0.870. The summed E-state index contributed by atoms with van der Waals surface area (Å²) in [5.41, 5.74) is 1.07. The Morgan fingerprint density at radius 1 is 1.24 bits per heavy atom. The van der Waals surface area contributed by atoms with Gasteiger partial charge in [-0.1, -0.05) is 27.5 Å². The van der Waals surface area contributed by atoms with E-state index in [-0.39, 0.29) is 0 Å². The van der Waals surface area contributed by atoms with Crippen LogP contribution >= 0.6 is 27.5 Å². The van der Waals surface area contributed by atoms with Crippen molar-refractivity contribution in [1.29, 1.82) is 0 Å². The minimum absolute atomic E-state index is 0.572. The molecule has 1 heterocycles. The molecule has 3 rings (SSSR count). The molecule has 1 aromatic heterocycles. The van der Waals surface area contributed by atoms with Gasteiger partial charge in [0.1, 0.15) is 5.82 Å². The first-order valence-electron chi connectivity index (χ1n) is 5.55. The predicted octanol–water partition coefficient (Wildman–Crippen LogP) is 3.83. The highest BCUT2D eigenvalue weighted by molar-refractivity contribution is 9.08. The summed E-state index contributed by atoms with van der Waals surface area (Å²) in [6.07, 6.45) is 2.44. The number of benzene rings is 1. The van der Waals surface area contributed by atoms with Gasteiger partial charge >= 0.3 is 0 Å². The summed E-state index contributed by atoms with van der Waals surface area (Å²) in [5, 5.41) is 10.00. The van der Waals surface area contributed by atoms with Gasteiger partial charge in [0.15, 0.2) is 5.82 Å². The third-order valence-electron chi connectivity index (χ3n) is 2.90. The average molecular weight is 313 g/mol. The number of hydrogen-bond acceptors (Lipinski definition) is 2. The fraction of sp³-hybridized carbons (Fsp3) is 0.333. The molecule has 17 heavy (non-hydrogen) atoms. The minimum atomic E-state index is 0.572. The first-order chi connectivity index (χ1) is 8.29. The lowest BCUT2D eigenvalue weighted by molar-refractivity contribution is 0.714. The highest BCUT2D eigenvalue weighted by Crippen LogP contribution is 2.39. The maximum absolute atomic E-state index is 5.90. The molecule has 88 valence electrons. The summed E-state index contributed by atoms with van der Waals surface area (Å²) in [7, 11) is 0. The van der Waals surface area contributed by atoms with Crippen molar-refractivity contribution in [3.8, 4) is 11.4 Å². The molecule has 1 aromatic carbocycles. The number of alkyl halides is 1. The van der Waals surface area contributed by atoms with Gasteiger partial charge in [-0.2, -0.15) is 0 Å². The number of aromatic nitrogens is 3. The van der Waals surface area contributed by atoms with Crippen molar-refractivity contribution in [1.82, 2.24) is 14.8 Å². The first kappa shape index (κ1) is 11.2. The molecule has 0 radical (unpaired) electrons. The topological polar surface area (TPSA) is 30.7 Å². The summed E-state index contributed by atoms with van der Waals surface area (Å²) in [5.74, 6) is 1.94. The summed E-state index contributed by atoms with van der Waals surface area (Å²) < 4.78 is 2.23. The Labute approximate surface area is 113 Å². The van der Waals surface area contributed by atoms with E-state index in [0.29, 0.717) is 6.04 Å². The SMILES string of the molecule is Clc1ccc(-c2nnc(CBr)n2C2CC2)cc1.